The van der Waals surface area contributed by atoms with Crippen molar-refractivity contribution in [3.8, 4) is 34.5 Å². The maximum atomic E-state index is 12.4. The number of ether oxygens (including phenoxy) is 4. The molecule has 0 bridgehead atoms. The van der Waals surface area contributed by atoms with Gasteiger partial charge in [-0.15, -0.1) is 0 Å². The first-order valence-electron chi connectivity index (χ1n) is 18.9. The van der Waals surface area contributed by atoms with Gasteiger partial charge in [0.1, 0.15) is 11.5 Å². The zero-order valence-corrected chi connectivity index (χ0v) is 30.5. The first-order chi connectivity index (χ1) is 25.4. The topological polar surface area (TPSA) is 112 Å². The summed E-state index contributed by atoms with van der Waals surface area (Å²) in [6.45, 7) is 2.75. The van der Waals surface area contributed by atoms with Crippen molar-refractivity contribution >= 4 is 11.9 Å². The van der Waals surface area contributed by atoms with Crippen LogP contribution in [0.1, 0.15) is 124 Å². The van der Waals surface area contributed by atoms with E-state index in [1.54, 1.807) is 84.9 Å². The number of benzene rings is 4. The fourth-order valence-electron chi connectivity index (χ4n) is 5.90. The van der Waals surface area contributed by atoms with Crippen LogP contribution in [0.3, 0.4) is 0 Å². The third-order valence-electron chi connectivity index (χ3n) is 8.93. The number of esters is 2. The van der Waals surface area contributed by atoms with E-state index in [0.717, 1.165) is 37.2 Å². The average molecular weight is 711 g/mol. The van der Waals surface area contributed by atoms with Crippen molar-refractivity contribution in [1.29, 1.82) is 0 Å². The van der Waals surface area contributed by atoms with Crippen LogP contribution in [0.4, 0.5) is 0 Å². The van der Waals surface area contributed by atoms with Crippen molar-refractivity contribution in [3.05, 3.63) is 108 Å². The standard InChI is InChI=1S/C44H54O8/c1-34(50-38-31-27-36(28-32-38)44(48)52-42-24-18-16-22-40(42)46)20-14-12-10-8-6-4-2-3-5-7-9-11-13-19-33-49-37-29-25-35(26-30-37)43(47)51-41-23-17-15-21-39(41)45/h15-18,21-32,34,45-46H,2-14,19-20,33H2,1H3. The van der Waals surface area contributed by atoms with Crippen LogP contribution in [-0.4, -0.2) is 34.9 Å². The van der Waals surface area contributed by atoms with E-state index < -0.39 is 11.9 Å². The number of phenolic OH excluding ortho intramolecular Hbond substituents is 2. The minimum Gasteiger partial charge on any atom is -0.504 e. The summed E-state index contributed by atoms with van der Waals surface area (Å²) in [6.07, 6.45) is 18.6. The van der Waals surface area contributed by atoms with E-state index in [4.69, 9.17) is 18.9 Å². The molecule has 0 aliphatic heterocycles. The Bertz CT molecular complexity index is 1620. The van der Waals surface area contributed by atoms with Crippen molar-refractivity contribution in [3.63, 3.8) is 0 Å². The Hall–Kier alpha value is -4.98. The number of rotatable bonds is 24. The highest BCUT2D eigenvalue weighted by atomic mass is 16.5. The lowest BCUT2D eigenvalue weighted by molar-refractivity contribution is 0.0720. The quantitative estimate of drug-likeness (QED) is 0.0420. The van der Waals surface area contributed by atoms with E-state index >= 15 is 0 Å². The Morgan fingerprint density at radius 3 is 1.33 bits per heavy atom. The second kappa shape index (κ2) is 22.8. The number of para-hydroxylation sites is 4. The van der Waals surface area contributed by atoms with Crippen LogP contribution < -0.4 is 18.9 Å². The Balaban J connectivity index is 0.904. The van der Waals surface area contributed by atoms with E-state index in [9.17, 15) is 19.8 Å². The molecule has 1 unspecified atom stereocenters. The number of hydrogen-bond donors (Lipinski definition) is 2. The maximum absolute atomic E-state index is 12.4. The highest BCUT2D eigenvalue weighted by molar-refractivity contribution is 5.92. The third kappa shape index (κ3) is 14.7. The summed E-state index contributed by atoms with van der Waals surface area (Å²) in [4.78, 5) is 24.7. The van der Waals surface area contributed by atoms with Gasteiger partial charge in [0, 0.05) is 0 Å². The Morgan fingerprint density at radius 1 is 0.500 bits per heavy atom. The van der Waals surface area contributed by atoms with Gasteiger partial charge in [0.15, 0.2) is 23.0 Å². The van der Waals surface area contributed by atoms with Crippen LogP contribution in [0.25, 0.3) is 0 Å². The molecular weight excluding hydrogens is 656 g/mol. The van der Waals surface area contributed by atoms with Crippen molar-refractivity contribution in [2.45, 2.75) is 109 Å². The molecule has 8 heteroatoms. The van der Waals surface area contributed by atoms with Crippen molar-refractivity contribution in [2.24, 2.45) is 0 Å². The fourth-order valence-corrected chi connectivity index (χ4v) is 5.90. The number of unbranched alkanes of at least 4 members (excludes halogenated alkanes) is 13. The van der Waals surface area contributed by atoms with Crippen LogP contribution in [0.5, 0.6) is 34.5 Å². The normalized spacial score (nSPS) is 11.5. The Morgan fingerprint density at radius 2 is 0.885 bits per heavy atom. The lowest BCUT2D eigenvalue weighted by atomic mass is 10.0. The molecule has 4 rings (SSSR count). The predicted octanol–water partition coefficient (Wildman–Crippen LogP) is 11.2. The molecule has 0 aliphatic carbocycles. The summed E-state index contributed by atoms with van der Waals surface area (Å²) < 4.78 is 22.4. The molecule has 278 valence electrons. The van der Waals surface area contributed by atoms with E-state index in [0.29, 0.717) is 17.7 Å². The van der Waals surface area contributed by atoms with Crippen LogP contribution >= 0.6 is 0 Å². The Labute approximate surface area is 308 Å². The van der Waals surface area contributed by atoms with Crippen molar-refractivity contribution < 1.29 is 38.7 Å². The monoisotopic (exact) mass is 710 g/mol. The molecule has 4 aromatic carbocycles. The molecule has 4 aromatic rings. The van der Waals surface area contributed by atoms with Gasteiger partial charge in [-0.1, -0.05) is 101 Å². The summed E-state index contributed by atoms with van der Waals surface area (Å²) >= 11 is 0. The van der Waals surface area contributed by atoms with E-state index in [-0.39, 0.29) is 29.1 Å². The molecular formula is C44H54O8. The SMILES string of the molecule is CC(CCCCCCCCCCCCCCCCOc1ccc(C(=O)Oc2ccccc2O)cc1)Oc1ccc(C(=O)Oc2ccccc2O)cc1. The number of hydrogen-bond acceptors (Lipinski definition) is 8. The fraction of sp³-hybridized carbons (Fsp3) is 0.409. The van der Waals surface area contributed by atoms with Gasteiger partial charge in [-0.3, -0.25) is 0 Å². The minimum atomic E-state index is -0.523. The molecule has 0 heterocycles. The molecule has 8 nitrogen and oxygen atoms in total. The largest absolute Gasteiger partial charge is 0.504 e. The highest BCUT2D eigenvalue weighted by Gasteiger charge is 2.13. The van der Waals surface area contributed by atoms with Gasteiger partial charge >= 0.3 is 11.9 Å². The van der Waals surface area contributed by atoms with E-state index in [2.05, 4.69) is 6.92 Å². The zero-order chi connectivity index (χ0) is 36.8. The summed E-state index contributed by atoms with van der Waals surface area (Å²) in [6, 6.07) is 26.6. The lowest BCUT2D eigenvalue weighted by Crippen LogP contribution is -2.12. The molecule has 0 saturated carbocycles. The summed E-state index contributed by atoms with van der Waals surface area (Å²) in [7, 11) is 0. The summed E-state index contributed by atoms with van der Waals surface area (Å²) in [5.41, 5.74) is 0.799. The van der Waals surface area contributed by atoms with Crippen LogP contribution in [-0.2, 0) is 0 Å². The van der Waals surface area contributed by atoms with Gasteiger partial charge < -0.3 is 29.2 Å². The zero-order valence-electron chi connectivity index (χ0n) is 30.5. The molecule has 0 spiro atoms. The minimum absolute atomic E-state index is 0.0707. The summed E-state index contributed by atoms with van der Waals surface area (Å²) in [5, 5.41) is 19.6. The molecule has 0 aromatic heterocycles. The Kier molecular flexibility index (Phi) is 17.4. The van der Waals surface area contributed by atoms with Crippen LogP contribution in [0.15, 0.2) is 97.1 Å². The number of carbonyl (C=O) groups excluding carboxylic acids is 2. The van der Waals surface area contributed by atoms with Gasteiger partial charge in [-0.05, 0) is 99.0 Å². The number of aromatic hydroxyl groups is 2. The smallest absolute Gasteiger partial charge is 0.343 e. The van der Waals surface area contributed by atoms with Gasteiger partial charge in [0.25, 0.3) is 0 Å². The lowest BCUT2D eigenvalue weighted by Gasteiger charge is -2.15. The van der Waals surface area contributed by atoms with Crippen LogP contribution in [0.2, 0.25) is 0 Å². The molecule has 0 fully saturated rings. The summed E-state index contributed by atoms with van der Waals surface area (Å²) in [5.74, 6) is 0.547. The third-order valence-corrected chi connectivity index (χ3v) is 8.93. The number of phenols is 2. The first kappa shape index (κ1) is 39.8. The number of carbonyl (C=O) groups is 2. The average Bonchev–Trinajstić information content (AvgIpc) is 3.15. The van der Waals surface area contributed by atoms with Crippen molar-refractivity contribution in [1.82, 2.24) is 0 Å². The molecule has 0 saturated heterocycles. The van der Waals surface area contributed by atoms with Crippen molar-refractivity contribution in [2.75, 3.05) is 6.61 Å². The van der Waals surface area contributed by atoms with E-state index in [1.165, 1.54) is 82.8 Å². The molecule has 0 amide bonds. The first-order valence-corrected chi connectivity index (χ1v) is 18.9. The molecule has 0 aliphatic rings. The molecule has 1 atom stereocenters. The highest BCUT2D eigenvalue weighted by Crippen LogP contribution is 2.27. The maximum Gasteiger partial charge on any atom is 0.343 e. The molecule has 2 N–H and O–H groups in total. The molecule has 0 radical (unpaired) electrons. The predicted molar refractivity (Wildman–Crippen MR) is 204 cm³/mol. The van der Waals surface area contributed by atoms with Gasteiger partial charge in [0.05, 0.1) is 23.8 Å². The second-order valence-electron chi connectivity index (χ2n) is 13.3. The van der Waals surface area contributed by atoms with Gasteiger partial charge in [-0.2, -0.15) is 0 Å². The van der Waals surface area contributed by atoms with Crippen LogP contribution in [0, 0.1) is 0 Å². The van der Waals surface area contributed by atoms with E-state index in [1.807, 2.05) is 0 Å². The van der Waals surface area contributed by atoms with Gasteiger partial charge in [0.2, 0.25) is 0 Å². The van der Waals surface area contributed by atoms with Gasteiger partial charge in [-0.25, -0.2) is 9.59 Å². The second-order valence-corrected chi connectivity index (χ2v) is 13.3. The molecule has 52 heavy (non-hydrogen) atoms.